The summed E-state index contributed by atoms with van der Waals surface area (Å²) in [5.74, 6) is -0.255. The Labute approximate surface area is 138 Å². The van der Waals surface area contributed by atoms with Gasteiger partial charge in [-0.15, -0.1) is 0 Å². The van der Waals surface area contributed by atoms with Crippen LogP contribution >= 0.6 is 0 Å². The summed E-state index contributed by atoms with van der Waals surface area (Å²) < 4.78 is 10.3. The number of ether oxygens (including phenoxy) is 1. The van der Waals surface area contributed by atoms with Crippen LogP contribution < -0.4 is 15.4 Å². The first-order valence-electron chi connectivity index (χ1n) is 7.23. The summed E-state index contributed by atoms with van der Waals surface area (Å²) in [6, 6.07) is 6.82. The number of aliphatic hydroxyl groups is 1. The molecule has 0 radical (unpaired) electrons. The topological polar surface area (TPSA) is 127 Å². The van der Waals surface area contributed by atoms with Gasteiger partial charge in [0.15, 0.2) is 6.61 Å². The highest BCUT2D eigenvalue weighted by molar-refractivity contribution is 5.89. The number of rotatable bonds is 7. The zero-order valence-electron chi connectivity index (χ0n) is 13.3. The van der Waals surface area contributed by atoms with E-state index < -0.39 is 12.0 Å². The molecule has 0 fully saturated rings. The largest absolute Gasteiger partial charge is 0.485 e. The Morgan fingerprint density at radius 3 is 2.92 bits per heavy atom. The average molecular weight is 334 g/mol. The van der Waals surface area contributed by atoms with Crippen LogP contribution in [0.3, 0.4) is 0 Å². The van der Waals surface area contributed by atoms with Crippen molar-refractivity contribution >= 4 is 17.5 Å². The van der Waals surface area contributed by atoms with E-state index in [1.54, 1.807) is 31.2 Å². The van der Waals surface area contributed by atoms with Crippen LogP contribution in [0.25, 0.3) is 0 Å². The predicted molar refractivity (Wildman–Crippen MR) is 83.4 cm³/mol. The first-order chi connectivity index (χ1) is 11.4. The van der Waals surface area contributed by atoms with Gasteiger partial charge in [-0.1, -0.05) is 11.2 Å². The van der Waals surface area contributed by atoms with Crippen molar-refractivity contribution in [3.05, 3.63) is 36.0 Å². The molecule has 9 heteroatoms. The van der Waals surface area contributed by atoms with Gasteiger partial charge in [-0.2, -0.15) is 4.98 Å². The highest BCUT2D eigenvalue weighted by Crippen LogP contribution is 2.18. The van der Waals surface area contributed by atoms with Crippen molar-refractivity contribution in [2.24, 2.45) is 0 Å². The Bertz CT molecular complexity index is 713. The quantitative estimate of drug-likeness (QED) is 0.681. The second-order valence-corrected chi connectivity index (χ2v) is 5.07. The molecule has 1 heterocycles. The second kappa shape index (κ2) is 8.06. The molecule has 2 rings (SSSR count). The second-order valence-electron chi connectivity index (χ2n) is 5.07. The molecule has 0 aliphatic heterocycles. The molecular formula is C15H18N4O5. The van der Waals surface area contributed by atoms with Crippen molar-refractivity contribution < 1.29 is 24.0 Å². The molecule has 1 aromatic carbocycles. The number of nitrogens with zero attached hydrogens (tertiary/aromatic N) is 2. The molecule has 0 aliphatic carbocycles. The summed E-state index contributed by atoms with van der Waals surface area (Å²) in [6.45, 7) is 3.04. The Morgan fingerprint density at radius 2 is 2.21 bits per heavy atom. The molecular weight excluding hydrogens is 316 g/mol. The van der Waals surface area contributed by atoms with Gasteiger partial charge in [-0.3, -0.25) is 9.59 Å². The molecule has 24 heavy (non-hydrogen) atoms. The molecule has 1 atom stereocenters. The van der Waals surface area contributed by atoms with Crippen molar-refractivity contribution in [3.8, 4) is 5.75 Å². The van der Waals surface area contributed by atoms with Crippen LogP contribution in [0.2, 0.25) is 0 Å². The molecule has 0 spiro atoms. The molecule has 128 valence electrons. The minimum absolute atomic E-state index is 0.00327. The molecule has 0 bridgehead atoms. The van der Waals surface area contributed by atoms with Gasteiger partial charge < -0.3 is 25.0 Å². The number of nitrogens with one attached hydrogen (secondary N) is 2. The Morgan fingerprint density at radius 1 is 1.42 bits per heavy atom. The monoisotopic (exact) mass is 334 g/mol. The van der Waals surface area contributed by atoms with Crippen LogP contribution in [0.4, 0.5) is 5.69 Å². The van der Waals surface area contributed by atoms with E-state index in [1.165, 1.54) is 6.92 Å². The van der Waals surface area contributed by atoms with Crippen LogP contribution in [-0.2, 0) is 11.4 Å². The molecule has 9 nitrogen and oxygen atoms in total. The first-order valence-corrected chi connectivity index (χ1v) is 7.23. The number of anilines is 1. The van der Waals surface area contributed by atoms with E-state index in [1.807, 2.05) is 0 Å². The van der Waals surface area contributed by atoms with E-state index in [2.05, 4.69) is 20.8 Å². The summed E-state index contributed by atoms with van der Waals surface area (Å²) in [5, 5.41) is 17.8. The number of carbonyl (C=O) groups excluding carboxylic acids is 2. The van der Waals surface area contributed by atoms with Crippen LogP contribution in [0, 0.1) is 0 Å². The van der Waals surface area contributed by atoms with Crippen molar-refractivity contribution in [1.82, 2.24) is 15.5 Å². The lowest BCUT2D eigenvalue weighted by Gasteiger charge is -2.06. The summed E-state index contributed by atoms with van der Waals surface area (Å²) in [6.07, 6.45) is -0.671. The van der Waals surface area contributed by atoms with Crippen molar-refractivity contribution in [1.29, 1.82) is 0 Å². The molecule has 3 N–H and O–H groups in total. The molecule has 0 saturated carbocycles. The third kappa shape index (κ3) is 5.36. The van der Waals surface area contributed by atoms with Gasteiger partial charge in [-0.25, -0.2) is 0 Å². The molecule has 2 amide bonds. The maximum absolute atomic E-state index is 11.7. The third-order valence-corrected chi connectivity index (χ3v) is 2.74. The summed E-state index contributed by atoms with van der Waals surface area (Å²) in [4.78, 5) is 26.6. The van der Waals surface area contributed by atoms with Crippen molar-refractivity contribution in [3.63, 3.8) is 0 Å². The fourth-order valence-corrected chi connectivity index (χ4v) is 1.74. The molecule has 0 saturated heterocycles. The average Bonchev–Trinajstić information content (AvgIpc) is 2.99. The number of hydrogen-bond donors (Lipinski definition) is 3. The van der Waals surface area contributed by atoms with E-state index in [4.69, 9.17) is 14.4 Å². The zero-order chi connectivity index (χ0) is 17.5. The van der Waals surface area contributed by atoms with E-state index in [0.717, 1.165) is 0 Å². The Hall–Kier alpha value is -2.94. The molecule has 2 aromatic rings. The van der Waals surface area contributed by atoms with Crippen molar-refractivity contribution in [2.75, 3.05) is 11.9 Å². The number of hydrogen-bond acceptors (Lipinski definition) is 7. The molecule has 0 aliphatic rings. The number of benzene rings is 1. The maximum atomic E-state index is 11.7. The van der Waals surface area contributed by atoms with Gasteiger partial charge in [-0.05, 0) is 19.1 Å². The standard InChI is InChI=1S/C15H18N4O5/c1-9(20)7-16-14(22)15-18-13(19-24-15)8-23-12-5-3-4-11(6-12)17-10(2)21/h3-6,9,20H,7-8H2,1-2H3,(H,16,22)(H,17,21). The van der Waals surface area contributed by atoms with Gasteiger partial charge in [0.25, 0.3) is 0 Å². The van der Waals surface area contributed by atoms with Gasteiger partial charge in [0.05, 0.1) is 6.10 Å². The van der Waals surface area contributed by atoms with Gasteiger partial charge in [0.1, 0.15) is 5.75 Å². The summed E-state index contributed by atoms with van der Waals surface area (Å²) in [7, 11) is 0. The van der Waals surface area contributed by atoms with Crippen LogP contribution in [0.5, 0.6) is 5.75 Å². The van der Waals surface area contributed by atoms with Gasteiger partial charge in [0, 0.05) is 25.2 Å². The lowest BCUT2D eigenvalue weighted by Crippen LogP contribution is -2.30. The molecule has 1 aromatic heterocycles. The highest BCUT2D eigenvalue weighted by Gasteiger charge is 2.15. The van der Waals surface area contributed by atoms with Crippen LogP contribution in [0.15, 0.2) is 28.8 Å². The zero-order valence-corrected chi connectivity index (χ0v) is 13.3. The van der Waals surface area contributed by atoms with E-state index >= 15 is 0 Å². The minimum Gasteiger partial charge on any atom is -0.485 e. The van der Waals surface area contributed by atoms with Crippen LogP contribution in [-0.4, -0.2) is 39.7 Å². The van der Waals surface area contributed by atoms with Crippen molar-refractivity contribution in [2.45, 2.75) is 26.6 Å². The predicted octanol–water partition coefficient (Wildman–Crippen LogP) is 0.718. The first kappa shape index (κ1) is 17.4. The Kier molecular flexibility index (Phi) is 5.85. The van der Waals surface area contributed by atoms with E-state index in [-0.39, 0.29) is 30.8 Å². The number of amides is 2. The van der Waals surface area contributed by atoms with Gasteiger partial charge >= 0.3 is 11.8 Å². The SMILES string of the molecule is CC(=O)Nc1cccc(OCc2noc(C(=O)NCC(C)O)n2)c1. The normalized spacial score (nSPS) is 11.6. The number of carbonyl (C=O) groups is 2. The van der Waals surface area contributed by atoms with E-state index in [9.17, 15) is 9.59 Å². The molecule has 1 unspecified atom stereocenters. The Balaban J connectivity index is 1.91. The lowest BCUT2D eigenvalue weighted by molar-refractivity contribution is -0.114. The maximum Gasteiger partial charge on any atom is 0.316 e. The van der Waals surface area contributed by atoms with Crippen LogP contribution in [0.1, 0.15) is 30.4 Å². The lowest BCUT2D eigenvalue weighted by atomic mass is 10.3. The fourth-order valence-electron chi connectivity index (χ4n) is 1.74. The third-order valence-electron chi connectivity index (χ3n) is 2.74. The van der Waals surface area contributed by atoms with E-state index in [0.29, 0.717) is 11.4 Å². The summed E-state index contributed by atoms with van der Waals surface area (Å²) in [5.41, 5.74) is 0.603. The minimum atomic E-state index is -0.671. The number of aliphatic hydroxyl groups excluding tert-OH is 1. The smallest absolute Gasteiger partial charge is 0.316 e. The summed E-state index contributed by atoms with van der Waals surface area (Å²) >= 11 is 0. The number of aromatic nitrogens is 2. The fraction of sp³-hybridized carbons (Fsp3) is 0.333. The highest BCUT2D eigenvalue weighted by atomic mass is 16.5. The van der Waals surface area contributed by atoms with Gasteiger partial charge in [0.2, 0.25) is 11.7 Å².